The van der Waals surface area contributed by atoms with Crippen LogP contribution in [0.5, 0.6) is 0 Å². The van der Waals surface area contributed by atoms with Gasteiger partial charge in [-0.1, -0.05) is 0 Å². The molecule has 0 aromatic carbocycles. The molecule has 1 N–H and O–H groups in total. The van der Waals surface area contributed by atoms with Crippen LogP contribution in [-0.2, 0) is 4.79 Å². The Labute approximate surface area is 126 Å². The van der Waals surface area contributed by atoms with Gasteiger partial charge in [0.15, 0.2) is 0 Å². The molecule has 116 valence electrons. The number of carbonyl (C=O) groups is 2. The molecule has 6 nitrogen and oxygen atoms in total. The Morgan fingerprint density at radius 2 is 2.00 bits per heavy atom. The molecule has 0 saturated heterocycles. The van der Waals surface area contributed by atoms with Gasteiger partial charge in [-0.3, -0.25) is 14.6 Å². The molecule has 0 aliphatic rings. The van der Waals surface area contributed by atoms with Crippen molar-refractivity contribution in [2.75, 3.05) is 40.3 Å². The molecule has 1 rings (SSSR count). The zero-order valence-electron chi connectivity index (χ0n) is 13.0. The van der Waals surface area contributed by atoms with E-state index in [-0.39, 0.29) is 11.8 Å². The normalized spacial score (nSPS) is 10.5. The molecule has 0 aliphatic heterocycles. The van der Waals surface area contributed by atoms with Crippen LogP contribution in [0.25, 0.3) is 0 Å². The standard InChI is InChI=1S/C15H24N4O2/c1-13(20)19(10-5-9-18(2)3)11-8-17-15(21)14-6-4-7-16-12-14/h4,6-7,12H,5,8-11H2,1-3H3,(H,17,21). The Morgan fingerprint density at radius 3 is 2.57 bits per heavy atom. The van der Waals surface area contributed by atoms with Crippen molar-refractivity contribution in [1.82, 2.24) is 20.1 Å². The first-order chi connectivity index (χ1) is 10.0. The van der Waals surface area contributed by atoms with Crippen molar-refractivity contribution in [2.45, 2.75) is 13.3 Å². The Balaban J connectivity index is 2.33. The molecule has 1 aromatic rings. The summed E-state index contributed by atoms with van der Waals surface area (Å²) in [4.78, 5) is 31.1. The third-order valence-electron chi connectivity index (χ3n) is 3.07. The summed E-state index contributed by atoms with van der Waals surface area (Å²) in [7, 11) is 4.01. The molecule has 0 unspecified atom stereocenters. The predicted molar refractivity (Wildman–Crippen MR) is 82.0 cm³/mol. The maximum absolute atomic E-state index is 11.8. The van der Waals surface area contributed by atoms with Gasteiger partial charge in [-0.15, -0.1) is 0 Å². The molecule has 0 atom stereocenters. The van der Waals surface area contributed by atoms with Crippen LogP contribution in [0.15, 0.2) is 24.5 Å². The second kappa shape index (κ2) is 9.07. The highest BCUT2D eigenvalue weighted by Gasteiger charge is 2.10. The number of amides is 2. The molecule has 6 heteroatoms. The fraction of sp³-hybridized carbons (Fsp3) is 0.533. The monoisotopic (exact) mass is 292 g/mol. The molecule has 0 aliphatic carbocycles. The molecule has 0 radical (unpaired) electrons. The highest BCUT2D eigenvalue weighted by atomic mass is 16.2. The Bertz CT molecular complexity index is 448. The van der Waals surface area contributed by atoms with Gasteiger partial charge in [0.25, 0.3) is 5.91 Å². The number of pyridine rings is 1. The van der Waals surface area contributed by atoms with Gasteiger partial charge in [-0.25, -0.2) is 0 Å². The summed E-state index contributed by atoms with van der Waals surface area (Å²) < 4.78 is 0. The van der Waals surface area contributed by atoms with Gasteiger partial charge in [-0.05, 0) is 39.2 Å². The lowest BCUT2D eigenvalue weighted by atomic mass is 10.2. The summed E-state index contributed by atoms with van der Waals surface area (Å²) >= 11 is 0. The van der Waals surface area contributed by atoms with E-state index >= 15 is 0 Å². The predicted octanol–water partition coefficient (Wildman–Crippen LogP) is 0.612. The summed E-state index contributed by atoms with van der Waals surface area (Å²) in [5.41, 5.74) is 0.527. The number of nitrogens with zero attached hydrogens (tertiary/aromatic N) is 3. The number of nitrogens with one attached hydrogen (secondary N) is 1. The fourth-order valence-corrected chi connectivity index (χ4v) is 1.91. The number of rotatable bonds is 8. The average molecular weight is 292 g/mol. The summed E-state index contributed by atoms with van der Waals surface area (Å²) in [6.45, 7) is 4.16. The molecular formula is C15H24N4O2. The summed E-state index contributed by atoms with van der Waals surface area (Å²) in [5.74, 6) is -0.135. The van der Waals surface area contributed by atoms with Crippen molar-refractivity contribution in [2.24, 2.45) is 0 Å². The van der Waals surface area contributed by atoms with Crippen LogP contribution in [0.2, 0.25) is 0 Å². The Hall–Kier alpha value is -1.95. The highest BCUT2D eigenvalue weighted by Crippen LogP contribution is 1.96. The van der Waals surface area contributed by atoms with Crippen molar-refractivity contribution in [3.63, 3.8) is 0 Å². The third-order valence-corrected chi connectivity index (χ3v) is 3.07. The molecule has 2 amide bonds. The van der Waals surface area contributed by atoms with Crippen molar-refractivity contribution >= 4 is 11.8 Å². The first-order valence-corrected chi connectivity index (χ1v) is 7.09. The molecule has 0 saturated carbocycles. The molecular weight excluding hydrogens is 268 g/mol. The third kappa shape index (κ3) is 6.85. The van der Waals surface area contributed by atoms with Crippen molar-refractivity contribution in [3.05, 3.63) is 30.1 Å². The number of aromatic nitrogens is 1. The van der Waals surface area contributed by atoms with Gasteiger partial charge < -0.3 is 15.1 Å². The van der Waals surface area contributed by atoms with Gasteiger partial charge >= 0.3 is 0 Å². The van der Waals surface area contributed by atoms with Gasteiger partial charge in [0.05, 0.1) is 5.56 Å². The lowest BCUT2D eigenvalue weighted by molar-refractivity contribution is -0.128. The minimum absolute atomic E-state index is 0.0318. The van der Waals surface area contributed by atoms with E-state index < -0.39 is 0 Å². The van der Waals surface area contributed by atoms with Gasteiger partial charge in [0.1, 0.15) is 0 Å². The summed E-state index contributed by atoms with van der Waals surface area (Å²) in [5, 5.41) is 2.80. The van der Waals surface area contributed by atoms with E-state index in [1.54, 1.807) is 30.2 Å². The molecule has 0 spiro atoms. The molecule has 21 heavy (non-hydrogen) atoms. The second-order valence-corrected chi connectivity index (χ2v) is 5.16. The van der Waals surface area contributed by atoms with Gasteiger partial charge in [-0.2, -0.15) is 0 Å². The van der Waals surface area contributed by atoms with Crippen LogP contribution in [0.3, 0.4) is 0 Å². The van der Waals surface area contributed by atoms with E-state index in [0.29, 0.717) is 25.2 Å². The van der Waals surface area contributed by atoms with E-state index in [0.717, 1.165) is 13.0 Å². The quantitative estimate of drug-likeness (QED) is 0.762. The van der Waals surface area contributed by atoms with E-state index in [9.17, 15) is 9.59 Å². The van der Waals surface area contributed by atoms with E-state index in [4.69, 9.17) is 0 Å². The maximum atomic E-state index is 11.8. The van der Waals surface area contributed by atoms with Crippen molar-refractivity contribution in [1.29, 1.82) is 0 Å². The van der Waals surface area contributed by atoms with E-state index in [2.05, 4.69) is 15.2 Å². The number of hydrogen-bond acceptors (Lipinski definition) is 4. The van der Waals surface area contributed by atoms with Crippen LogP contribution in [0, 0.1) is 0 Å². The molecule has 0 fully saturated rings. The zero-order chi connectivity index (χ0) is 15.7. The maximum Gasteiger partial charge on any atom is 0.252 e. The second-order valence-electron chi connectivity index (χ2n) is 5.16. The largest absolute Gasteiger partial charge is 0.350 e. The SMILES string of the molecule is CC(=O)N(CCCN(C)C)CCNC(=O)c1cccnc1. The number of hydrogen-bond donors (Lipinski definition) is 1. The van der Waals surface area contributed by atoms with E-state index in [1.807, 2.05) is 14.1 Å². The first kappa shape index (κ1) is 17.1. The zero-order valence-corrected chi connectivity index (χ0v) is 13.0. The van der Waals surface area contributed by atoms with Crippen LogP contribution in [0.1, 0.15) is 23.7 Å². The smallest absolute Gasteiger partial charge is 0.252 e. The Morgan fingerprint density at radius 1 is 1.24 bits per heavy atom. The van der Waals surface area contributed by atoms with Crippen LogP contribution in [-0.4, -0.2) is 66.9 Å². The Kier molecular flexibility index (Phi) is 7.39. The minimum atomic E-state index is -0.167. The highest BCUT2D eigenvalue weighted by molar-refractivity contribution is 5.93. The molecule has 1 aromatic heterocycles. The summed E-state index contributed by atoms with van der Waals surface area (Å²) in [6.07, 6.45) is 4.07. The van der Waals surface area contributed by atoms with Crippen LogP contribution < -0.4 is 5.32 Å². The number of carbonyl (C=O) groups excluding carboxylic acids is 2. The summed E-state index contributed by atoms with van der Waals surface area (Å²) in [6, 6.07) is 3.43. The van der Waals surface area contributed by atoms with E-state index in [1.165, 1.54) is 6.20 Å². The van der Waals surface area contributed by atoms with Gasteiger partial charge in [0.2, 0.25) is 5.91 Å². The van der Waals surface area contributed by atoms with Crippen molar-refractivity contribution < 1.29 is 9.59 Å². The van der Waals surface area contributed by atoms with Crippen molar-refractivity contribution in [3.8, 4) is 0 Å². The first-order valence-electron chi connectivity index (χ1n) is 7.09. The average Bonchev–Trinajstić information content (AvgIpc) is 2.45. The fourth-order valence-electron chi connectivity index (χ4n) is 1.91. The lowest BCUT2D eigenvalue weighted by Crippen LogP contribution is -2.38. The molecule has 1 heterocycles. The molecule has 0 bridgehead atoms. The van der Waals surface area contributed by atoms with Crippen LogP contribution in [0.4, 0.5) is 0 Å². The lowest BCUT2D eigenvalue weighted by Gasteiger charge is -2.22. The minimum Gasteiger partial charge on any atom is -0.350 e. The topological polar surface area (TPSA) is 65.5 Å². The van der Waals surface area contributed by atoms with Crippen LogP contribution >= 0.6 is 0 Å². The van der Waals surface area contributed by atoms with Gasteiger partial charge in [0, 0.05) is 39.0 Å².